The lowest BCUT2D eigenvalue weighted by Gasteiger charge is -2.24. The van der Waals surface area contributed by atoms with Crippen LogP contribution in [-0.4, -0.2) is 45.6 Å². The minimum absolute atomic E-state index is 0.314. The average Bonchev–Trinajstić information content (AvgIpc) is 3.57. The molecular formula is C24H28N4O2. The highest BCUT2D eigenvalue weighted by molar-refractivity contribution is 5.44. The maximum absolute atomic E-state index is 6.04. The minimum atomic E-state index is 0.314. The maximum Gasteiger partial charge on any atom is 0.293 e. The molecule has 0 amide bonds. The van der Waals surface area contributed by atoms with Gasteiger partial charge in [0.15, 0.2) is 11.6 Å². The lowest BCUT2D eigenvalue weighted by atomic mass is 9.94. The monoisotopic (exact) mass is 404 g/mol. The Hall–Kier alpha value is -2.44. The van der Waals surface area contributed by atoms with E-state index in [9.17, 15) is 0 Å². The largest absolute Gasteiger partial charge is 0.455 e. The van der Waals surface area contributed by atoms with Gasteiger partial charge in [-0.1, -0.05) is 35.5 Å². The molecule has 3 aliphatic rings. The van der Waals surface area contributed by atoms with Crippen LogP contribution in [0.5, 0.6) is 0 Å². The van der Waals surface area contributed by atoms with Crippen LogP contribution in [0.3, 0.4) is 0 Å². The van der Waals surface area contributed by atoms with E-state index in [-0.39, 0.29) is 0 Å². The smallest absolute Gasteiger partial charge is 0.293 e. The Morgan fingerprint density at radius 1 is 0.967 bits per heavy atom. The molecule has 5 heterocycles. The molecule has 6 nitrogen and oxygen atoms in total. The van der Waals surface area contributed by atoms with Crippen molar-refractivity contribution in [1.82, 2.24) is 19.9 Å². The first-order valence-corrected chi connectivity index (χ1v) is 11.3. The van der Waals surface area contributed by atoms with Gasteiger partial charge in [0.05, 0.1) is 6.54 Å². The van der Waals surface area contributed by atoms with Gasteiger partial charge in [-0.15, -0.1) is 0 Å². The van der Waals surface area contributed by atoms with Gasteiger partial charge in [0, 0.05) is 18.0 Å². The van der Waals surface area contributed by atoms with Crippen molar-refractivity contribution in [3.05, 3.63) is 59.6 Å². The van der Waals surface area contributed by atoms with Gasteiger partial charge in [-0.05, 0) is 69.4 Å². The SMILES string of the molecule is c1ccc([C@@H]2C[C@H](c3noc(-c4ccc(CN5CCCC5)o4)n3)[C@H]3CCCN32)cc1. The molecule has 0 spiro atoms. The summed E-state index contributed by atoms with van der Waals surface area (Å²) in [4.78, 5) is 9.86. The normalized spacial score (nSPS) is 27.1. The zero-order valence-electron chi connectivity index (χ0n) is 17.2. The molecule has 3 aromatic rings. The number of aromatic nitrogens is 2. The van der Waals surface area contributed by atoms with Crippen LogP contribution in [0.1, 0.15) is 61.2 Å². The number of nitrogens with zero attached hydrogens (tertiary/aromatic N) is 4. The predicted molar refractivity (Wildman–Crippen MR) is 113 cm³/mol. The number of hydrogen-bond acceptors (Lipinski definition) is 6. The van der Waals surface area contributed by atoms with Crippen LogP contribution in [0, 0.1) is 0 Å². The molecule has 6 heteroatoms. The van der Waals surface area contributed by atoms with Crippen molar-refractivity contribution < 1.29 is 8.94 Å². The van der Waals surface area contributed by atoms with Crippen molar-refractivity contribution in [3.8, 4) is 11.7 Å². The van der Waals surface area contributed by atoms with Crippen LogP contribution in [0.2, 0.25) is 0 Å². The fourth-order valence-corrected chi connectivity index (χ4v) is 5.67. The van der Waals surface area contributed by atoms with E-state index in [2.05, 4.69) is 45.3 Å². The molecular weight excluding hydrogens is 376 g/mol. The Kier molecular flexibility index (Phi) is 4.69. The van der Waals surface area contributed by atoms with Crippen LogP contribution in [0.15, 0.2) is 51.4 Å². The van der Waals surface area contributed by atoms with E-state index in [1.807, 2.05) is 12.1 Å². The highest BCUT2D eigenvalue weighted by atomic mass is 16.5. The number of benzene rings is 1. The summed E-state index contributed by atoms with van der Waals surface area (Å²) in [5, 5.41) is 4.39. The molecule has 2 aromatic heterocycles. The number of rotatable bonds is 5. The summed E-state index contributed by atoms with van der Waals surface area (Å²) in [5.41, 5.74) is 1.40. The zero-order chi connectivity index (χ0) is 19.9. The van der Waals surface area contributed by atoms with Gasteiger partial charge < -0.3 is 8.94 Å². The topological polar surface area (TPSA) is 58.5 Å². The molecule has 0 saturated carbocycles. The van der Waals surface area contributed by atoms with Crippen LogP contribution in [0.4, 0.5) is 0 Å². The maximum atomic E-state index is 6.04. The van der Waals surface area contributed by atoms with E-state index < -0.39 is 0 Å². The number of hydrogen-bond donors (Lipinski definition) is 0. The number of fused-ring (bicyclic) bond motifs is 1. The van der Waals surface area contributed by atoms with Crippen LogP contribution < -0.4 is 0 Å². The average molecular weight is 405 g/mol. The lowest BCUT2D eigenvalue weighted by Crippen LogP contribution is -2.27. The molecule has 30 heavy (non-hydrogen) atoms. The van der Waals surface area contributed by atoms with Gasteiger partial charge in [-0.2, -0.15) is 4.98 Å². The van der Waals surface area contributed by atoms with E-state index in [0.29, 0.717) is 29.7 Å². The van der Waals surface area contributed by atoms with Crippen LogP contribution in [-0.2, 0) is 6.54 Å². The molecule has 0 unspecified atom stereocenters. The fraction of sp³-hybridized carbons (Fsp3) is 0.500. The van der Waals surface area contributed by atoms with Gasteiger partial charge >= 0.3 is 0 Å². The minimum Gasteiger partial charge on any atom is -0.455 e. The second-order valence-electron chi connectivity index (χ2n) is 8.92. The lowest BCUT2D eigenvalue weighted by molar-refractivity contribution is 0.243. The summed E-state index contributed by atoms with van der Waals surface area (Å²) in [7, 11) is 0. The molecule has 0 N–H and O–H groups in total. The second-order valence-corrected chi connectivity index (χ2v) is 8.92. The Morgan fingerprint density at radius 3 is 2.70 bits per heavy atom. The van der Waals surface area contributed by atoms with Crippen molar-refractivity contribution in [1.29, 1.82) is 0 Å². The third-order valence-corrected chi connectivity index (χ3v) is 7.09. The Balaban J connectivity index is 1.21. The summed E-state index contributed by atoms with van der Waals surface area (Å²) < 4.78 is 11.7. The molecule has 3 fully saturated rings. The van der Waals surface area contributed by atoms with E-state index in [1.54, 1.807) is 0 Å². The highest BCUT2D eigenvalue weighted by Crippen LogP contribution is 2.48. The fourth-order valence-electron chi connectivity index (χ4n) is 5.67. The summed E-state index contributed by atoms with van der Waals surface area (Å²) >= 11 is 0. The Morgan fingerprint density at radius 2 is 1.83 bits per heavy atom. The molecule has 0 aliphatic carbocycles. The van der Waals surface area contributed by atoms with Gasteiger partial charge in [0.25, 0.3) is 5.89 Å². The van der Waals surface area contributed by atoms with E-state index in [4.69, 9.17) is 13.9 Å². The first kappa shape index (κ1) is 18.3. The van der Waals surface area contributed by atoms with Crippen LogP contribution >= 0.6 is 0 Å². The predicted octanol–water partition coefficient (Wildman–Crippen LogP) is 4.62. The van der Waals surface area contributed by atoms with Crippen LogP contribution in [0.25, 0.3) is 11.7 Å². The molecule has 6 rings (SSSR count). The standard InChI is InChI=1S/C24H28N4O2/c1-2-7-17(8-3-1)21-15-19(20-9-6-14-28(20)21)23-25-24(30-26-23)22-11-10-18(29-22)16-27-12-4-5-13-27/h1-3,7-8,10-11,19-21H,4-6,9,12-16H2/t19-,20+,21-/m0/s1. The third kappa shape index (κ3) is 3.28. The van der Waals surface area contributed by atoms with Gasteiger partial charge in [-0.3, -0.25) is 9.80 Å². The Bertz CT molecular complexity index is 992. The zero-order valence-corrected chi connectivity index (χ0v) is 17.2. The molecule has 0 radical (unpaired) electrons. The summed E-state index contributed by atoms with van der Waals surface area (Å²) in [6.45, 7) is 4.33. The molecule has 3 aliphatic heterocycles. The van der Waals surface area contributed by atoms with E-state index >= 15 is 0 Å². The van der Waals surface area contributed by atoms with E-state index in [1.165, 1.54) is 31.2 Å². The summed E-state index contributed by atoms with van der Waals surface area (Å²) in [6.07, 6.45) is 6.06. The number of likely N-dealkylation sites (tertiary alicyclic amines) is 1. The number of furan rings is 1. The second kappa shape index (κ2) is 7.67. The molecule has 0 bridgehead atoms. The van der Waals surface area contributed by atoms with Gasteiger partial charge in [0.2, 0.25) is 0 Å². The van der Waals surface area contributed by atoms with Crippen molar-refractivity contribution >= 4 is 0 Å². The third-order valence-electron chi connectivity index (χ3n) is 7.09. The van der Waals surface area contributed by atoms with Gasteiger partial charge in [0.1, 0.15) is 5.76 Å². The first-order chi connectivity index (χ1) is 14.8. The molecule has 3 atom stereocenters. The molecule has 3 saturated heterocycles. The quantitative estimate of drug-likeness (QED) is 0.619. The van der Waals surface area contributed by atoms with Gasteiger partial charge in [-0.25, -0.2) is 0 Å². The summed E-state index contributed by atoms with van der Waals surface area (Å²) in [5.74, 6) is 3.31. The summed E-state index contributed by atoms with van der Waals surface area (Å²) in [6, 6.07) is 15.8. The van der Waals surface area contributed by atoms with Crippen molar-refractivity contribution in [2.24, 2.45) is 0 Å². The van der Waals surface area contributed by atoms with Crippen molar-refractivity contribution in [3.63, 3.8) is 0 Å². The highest BCUT2D eigenvalue weighted by Gasteiger charge is 2.46. The van der Waals surface area contributed by atoms with Crippen molar-refractivity contribution in [2.45, 2.75) is 56.7 Å². The Labute approximate surface area is 176 Å². The van der Waals surface area contributed by atoms with Crippen molar-refractivity contribution in [2.75, 3.05) is 19.6 Å². The molecule has 156 valence electrons. The molecule has 1 aromatic carbocycles. The first-order valence-electron chi connectivity index (χ1n) is 11.3. The van der Waals surface area contributed by atoms with E-state index in [0.717, 1.165) is 44.2 Å².